The molecule has 3 atom stereocenters. The van der Waals surface area contributed by atoms with Gasteiger partial charge in [-0.2, -0.15) is 0 Å². The summed E-state index contributed by atoms with van der Waals surface area (Å²) >= 11 is 0. The lowest BCUT2D eigenvalue weighted by Gasteiger charge is -2.18. The highest BCUT2D eigenvalue weighted by Crippen LogP contribution is 2.43. The maximum Gasteiger partial charge on any atom is 0.0847 e. The fourth-order valence-electron chi connectivity index (χ4n) is 2.43. The third-order valence-electron chi connectivity index (χ3n) is 3.28. The molecule has 1 heteroatoms. The van der Waals surface area contributed by atoms with E-state index in [0.717, 1.165) is 5.92 Å². The van der Waals surface area contributed by atoms with Gasteiger partial charge in [0.1, 0.15) is 0 Å². The van der Waals surface area contributed by atoms with Gasteiger partial charge in [-0.3, -0.25) is 0 Å². The van der Waals surface area contributed by atoms with Crippen LogP contribution in [0.2, 0.25) is 0 Å². The van der Waals surface area contributed by atoms with Crippen molar-refractivity contribution >= 4 is 0 Å². The number of epoxide rings is 1. The van der Waals surface area contributed by atoms with Gasteiger partial charge in [0, 0.05) is 0 Å². The highest BCUT2D eigenvalue weighted by molar-refractivity contribution is 5.21. The first-order chi connectivity index (χ1) is 6.43. The Morgan fingerprint density at radius 3 is 2.62 bits per heavy atom. The van der Waals surface area contributed by atoms with Crippen LogP contribution < -0.4 is 0 Å². The molecule has 0 aromatic heterocycles. The second kappa shape index (κ2) is 2.85. The molecule has 0 amide bonds. The van der Waals surface area contributed by atoms with E-state index in [0.29, 0.717) is 12.2 Å². The van der Waals surface area contributed by atoms with E-state index in [1.54, 1.807) is 0 Å². The summed E-state index contributed by atoms with van der Waals surface area (Å²) in [5.41, 5.74) is 1.50. The minimum atomic E-state index is 0.596. The number of ether oxygens (including phenoxy) is 1. The molecule has 0 spiro atoms. The predicted molar refractivity (Wildman–Crippen MR) is 51.7 cm³/mol. The van der Waals surface area contributed by atoms with Crippen LogP contribution in [0.1, 0.15) is 30.7 Å². The molecular formula is C12H14O. The summed E-state index contributed by atoms with van der Waals surface area (Å²) in [6.07, 6.45) is 5.04. The van der Waals surface area contributed by atoms with Crippen molar-refractivity contribution in [2.45, 2.75) is 37.4 Å². The van der Waals surface area contributed by atoms with Crippen molar-refractivity contribution in [2.24, 2.45) is 0 Å². The van der Waals surface area contributed by atoms with Gasteiger partial charge in [-0.1, -0.05) is 30.3 Å². The summed E-state index contributed by atoms with van der Waals surface area (Å²) in [5, 5.41) is 0. The number of hydrogen-bond donors (Lipinski definition) is 0. The highest BCUT2D eigenvalue weighted by atomic mass is 16.6. The van der Waals surface area contributed by atoms with Crippen LogP contribution >= 0.6 is 0 Å². The van der Waals surface area contributed by atoms with Crippen LogP contribution in [0, 0.1) is 0 Å². The molecule has 1 saturated carbocycles. The lowest BCUT2D eigenvalue weighted by atomic mass is 9.84. The molecule has 68 valence electrons. The smallest absolute Gasteiger partial charge is 0.0847 e. The molecule has 1 nitrogen and oxygen atoms in total. The molecule has 0 bridgehead atoms. The van der Waals surface area contributed by atoms with Gasteiger partial charge < -0.3 is 4.74 Å². The molecule has 2 aliphatic rings. The zero-order chi connectivity index (χ0) is 8.67. The number of benzene rings is 1. The Hall–Kier alpha value is -0.820. The van der Waals surface area contributed by atoms with Crippen molar-refractivity contribution in [3.05, 3.63) is 35.9 Å². The third-order valence-corrected chi connectivity index (χ3v) is 3.28. The Morgan fingerprint density at radius 1 is 1.00 bits per heavy atom. The Kier molecular flexibility index (Phi) is 1.66. The summed E-state index contributed by atoms with van der Waals surface area (Å²) in [5.74, 6) is 0.755. The molecule has 2 fully saturated rings. The topological polar surface area (TPSA) is 12.5 Å². The van der Waals surface area contributed by atoms with Crippen molar-refractivity contribution < 1.29 is 4.74 Å². The molecule has 1 aliphatic heterocycles. The van der Waals surface area contributed by atoms with Crippen LogP contribution in [0.3, 0.4) is 0 Å². The molecule has 1 aromatic carbocycles. The lowest BCUT2D eigenvalue weighted by Crippen LogP contribution is -2.11. The fourth-order valence-corrected chi connectivity index (χ4v) is 2.43. The highest BCUT2D eigenvalue weighted by Gasteiger charge is 2.43. The predicted octanol–water partition coefficient (Wildman–Crippen LogP) is 2.72. The van der Waals surface area contributed by atoms with E-state index < -0.39 is 0 Å². The van der Waals surface area contributed by atoms with Crippen LogP contribution in [0.4, 0.5) is 0 Å². The van der Waals surface area contributed by atoms with Crippen LogP contribution in [0.15, 0.2) is 30.3 Å². The Bertz CT molecular complexity index is 293. The van der Waals surface area contributed by atoms with Gasteiger partial charge in [-0.15, -0.1) is 0 Å². The van der Waals surface area contributed by atoms with Crippen LogP contribution in [0.25, 0.3) is 0 Å². The number of fused-ring (bicyclic) bond motifs is 1. The van der Waals surface area contributed by atoms with E-state index >= 15 is 0 Å². The van der Waals surface area contributed by atoms with E-state index in [-0.39, 0.29) is 0 Å². The number of rotatable bonds is 1. The van der Waals surface area contributed by atoms with Crippen LogP contribution in [-0.4, -0.2) is 12.2 Å². The maximum atomic E-state index is 5.53. The molecule has 0 N–H and O–H groups in total. The molecule has 1 saturated heterocycles. The molecule has 3 rings (SSSR count). The second-order valence-corrected chi connectivity index (χ2v) is 4.13. The van der Waals surface area contributed by atoms with Crippen molar-refractivity contribution in [3.8, 4) is 0 Å². The first-order valence-corrected chi connectivity index (χ1v) is 5.14. The van der Waals surface area contributed by atoms with Crippen LogP contribution in [-0.2, 0) is 4.74 Å². The van der Waals surface area contributed by atoms with E-state index in [1.807, 2.05) is 0 Å². The normalized spacial score (nSPS) is 36.8. The summed E-state index contributed by atoms with van der Waals surface area (Å²) in [6.45, 7) is 0. The standard InChI is InChI=1S/C12H14O/c1-2-4-9(5-3-1)10-6-7-11-12(8-10)13-11/h1-5,10-12H,6-8H2. The van der Waals surface area contributed by atoms with Gasteiger partial charge in [-0.25, -0.2) is 0 Å². The maximum absolute atomic E-state index is 5.53. The van der Waals surface area contributed by atoms with Gasteiger partial charge in [0.2, 0.25) is 0 Å². The van der Waals surface area contributed by atoms with Crippen molar-refractivity contribution in [3.63, 3.8) is 0 Å². The van der Waals surface area contributed by atoms with Crippen molar-refractivity contribution in [1.82, 2.24) is 0 Å². The van der Waals surface area contributed by atoms with E-state index in [2.05, 4.69) is 30.3 Å². The molecule has 13 heavy (non-hydrogen) atoms. The average Bonchev–Trinajstić information content (AvgIpc) is 2.96. The summed E-state index contributed by atoms with van der Waals surface area (Å²) < 4.78 is 5.53. The average molecular weight is 174 g/mol. The van der Waals surface area contributed by atoms with Gasteiger partial charge >= 0.3 is 0 Å². The second-order valence-electron chi connectivity index (χ2n) is 4.13. The van der Waals surface area contributed by atoms with Gasteiger partial charge in [-0.05, 0) is 30.7 Å². The quantitative estimate of drug-likeness (QED) is 0.596. The monoisotopic (exact) mass is 174 g/mol. The SMILES string of the molecule is c1ccc(C2CCC3OC3C2)cc1. The summed E-state index contributed by atoms with van der Waals surface area (Å²) in [4.78, 5) is 0. The van der Waals surface area contributed by atoms with Crippen LogP contribution in [0.5, 0.6) is 0 Å². The molecule has 1 heterocycles. The Labute approximate surface area is 78.7 Å². The Morgan fingerprint density at radius 2 is 1.85 bits per heavy atom. The zero-order valence-electron chi connectivity index (χ0n) is 7.65. The van der Waals surface area contributed by atoms with Crippen molar-refractivity contribution in [1.29, 1.82) is 0 Å². The van der Waals surface area contributed by atoms with Crippen molar-refractivity contribution in [2.75, 3.05) is 0 Å². The Balaban J connectivity index is 1.78. The van der Waals surface area contributed by atoms with E-state index in [4.69, 9.17) is 4.74 Å². The number of hydrogen-bond acceptors (Lipinski definition) is 1. The van der Waals surface area contributed by atoms with E-state index in [1.165, 1.54) is 24.8 Å². The molecule has 1 aromatic rings. The van der Waals surface area contributed by atoms with E-state index in [9.17, 15) is 0 Å². The first kappa shape index (κ1) is 7.57. The molecular weight excluding hydrogens is 160 g/mol. The third kappa shape index (κ3) is 1.37. The minimum absolute atomic E-state index is 0.596. The molecule has 3 unspecified atom stereocenters. The largest absolute Gasteiger partial charge is 0.370 e. The fraction of sp³-hybridized carbons (Fsp3) is 0.500. The summed E-state index contributed by atoms with van der Waals surface area (Å²) in [6, 6.07) is 10.8. The molecule has 0 radical (unpaired) electrons. The lowest BCUT2D eigenvalue weighted by molar-refractivity contribution is 0.371. The minimum Gasteiger partial charge on any atom is -0.370 e. The van der Waals surface area contributed by atoms with Gasteiger partial charge in [0.05, 0.1) is 12.2 Å². The summed E-state index contributed by atoms with van der Waals surface area (Å²) in [7, 11) is 0. The molecule has 1 aliphatic carbocycles. The van der Waals surface area contributed by atoms with Gasteiger partial charge in [0.25, 0.3) is 0 Å². The van der Waals surface area contributed by atoms with Gasteiger partial charge in [0.15, 0.2) is 0 Å². The first-order valence-electron chi connectivity index (χ1n) is 5.14. The zero-order valence-corrected chi connectivity index (χ0v) is 7.65.